The van der Waals surface area contributed by atoms with E-state index in [0.29, 0.717) is 6.04 Å². The smallest absolute Gasteiger partial charge is 0.0602 e. The van der Waals surface area contributed by atoms with Gasteiger partial charge in [-0.15, -0.1) is 0 Å². The van der Waals surface area contributed by atoms with Crippen LogP contribution in [0.5, 0.6) is 0 Å². The Labute approximate surface area is 106 Å². The van der Waals surface area contributed by atoms with Crippen LogP contribution in [0.1, 0.15) is 17.3 Å². The van der Waals surface area contributed by atoms with Gasteiger partial charge in [0.2, 0.25) is 0 Å². The van der Waals surface area contributed by atoms with E-state index in [2.05, 4.69) is 27.8 Å². The lowest BCUT2D eigenvalue weighted by molar-refractivity contribution is 0.478. The third-order valence-corrected chi connectivity index (χ3v) is 3.66. The summed E-state index contributed by atoms with van der Waals surface area (Å²) in [5.74, 6) is 0. The fourth-order valence-electron chi connectivity index (χ4n) is 2.66. The molecule has 4 heteroatoms. The van der Waals surface area contributed by atoms with Crippen molar-refractivity contribution in [3.05, 3.63) is 34.5 Å². The highest BCUT2D eigenvalue weighted by Gasteiger charge is 2.23. The molecular weight excluding hydrogens is 234 g/mol. The van der Waals surface area contributed by atoms with E-state index in [0.717, 1.165) is 24.5 Å². The number of hydrogen-bond donors (Lipinski definition) is 3. The van der Waals surface area contributed by atoms with Crippen LogP contribution in [0.4, 0.5) is 0 Å². The van der Waals surface area contributed by atoms with Gasteiger partial charge in [-0.3, -0.25) is 0 Å². The maximum atomic E-state index is 6.07. The van der Waals surface area contributed by atoms with E-state index in [4.69, 9.17) is 11.6 Å². The Morgan fingerprint density at radius 2 is 2.35 bits per heavy atom. The summed E-state index contributed by atoms with van der Waals surface area (Å²) in [6, 6.07) is 6.43. The van der Waals surface area contributed by atoms with Gasteiger partial charge in [-0.25, -0.2) is 0 Å². The SMILES string of the molecule is CNCC1NCCc2c1[nH]c1ccc(Cl)cc21. The van der Waals surface area contributed by atoms with Crippen molar-refractivity contribution in [2.75, 3.05) is 20.1 Å². The first kappa shape index (κ1) is 11.1. The molecule has 1 aliphatic heterocycles. The van der Waals surface area contributed by atoms with Gasteiger partial charge in [0.1, 0.15) is 0 Å². The van der Waals surface area contributed by atoms with Gasteiger partial charge in [0.05, 0.1) is 6.04 Å². The Hall–Kier alpha value is -1.03. The maximum Gasteiger partial charge on any atom is 0.0602 e. The van der Waals surface area contributed by atoms with Crippen molar-refractivity contribution in [1.29, 1.82) is 0 Å². The second-order valence-electron chi connectivity index (χ2n) is 4.52. The molecule has 0 bridgehead atoms. The van der Waals surface area contributed by atoms with Crippen LogP contribution in [0.15, 0.2) is 18.2 Å². The molecule has 0 saturated heterocycles. The monoisotopic (exact) mass is 249 g/mol. The average Bonchev–Trinajstić information content (AvgIpc) is 2.69. The fraction of sp³-hybridized carbons (Fsp3) is 0.385. The first-order valence-electron chi connectivity index (χ1n) is 5.97. The van der Waals surface area contributed by atoms with Crippen LogP contribution in [0, 0.1) is 0 Å². The van der Waals surface area contributed by atoms with E-state index >= 15 is 0 Å². The first-order chi connectivity index (χ1) is 8.29. The molecule has 0 saturated carbocycles. The Balaban J connectivity index is 2.15. The van der Waals surface area contributed by atoms with E-state index in [1.165, 1.54) is 22.2 Å². The summed E-state index contributed by atoms with van der Waals surface area (Å²) in [6.45, 7) is 1.96. The molecule has 1 aliphatic rings. The number of benzene rings is 1. The zero-order valence-corrected chi connectivity index (χ0v) is 10.6. The van der Waals surface area contributed by atoms with E-state index < -0.39 is 0 Å². The van der Waals surface area contributed by atoms with Gasteiger partial charge in [0.25, 0.3) is 0 Å². The Kier molecular flexibility index (Phi) is 2.82. The Bertz CT molecular complexity index is 547. The number of aromatic nitrogens is 1. The van der Waals surface area contributed by atoms with Crippen molar-refractivity contribution >= 4 is 22.5 Å². The highest BCUT2D eigenvalue weighted by Crippen LogP contribution is 2.31. The zero-order chi connectivity index (χ0) is 11.8. The second-order valence-corrected chi connectivity index (χ2v) is 4.96. The minimum atomic E-state index is 0.370. The molecule has 2 aromatic rings. The number of halogens is 1. The minimum absolute atomic E-state index is 0.370. The molecule has 2 heterocycles. The van der Waals surface area contributed by atoms with Crippen LogP contribution in [-0.4, -0.2) is 25.1 Å². The van der Waals surface area contributed by atoms with Crippen molar-refractivity contribution in [2.45, 2.75) is 12.5 Å². The summed E-state index contributed by atoms with van der Waals surface area (Å²) in [5, 5.41) is 8.83. The number of hydrogen-bond acceptors (Lipinski definition) is 2. The number of likely N-dealkylation sites (N-methyl/N-ethyl adjacent to an activating group) is 1. The lowest BCUT2D eigenvalue weighted by Crippen LogP contribution is -2.35. The van der Waals surface area contributed by atoms with E-state index in [1.807, 2.05) is 13.1 Å². The highest BCUT2D eigenvalue weighted by atomic mass is 35.5. The van der Waals surface area contributed by atoms with Crippen LogP contribution >= 0.6 is 11.6 Å². The number of aromatic amines is 1. The molecule has 1 atom stereocenters. The molecule has 1 unspecified atom stereocenters. The van der Waals surface area contributed by atoms with Crippen molar-refractivity contribution in [2.24, 2.45) is 0 Å². The quantitative estimate of drug-likeness (QED) is 0.764. The van der Waals surface area contributed by atoms with Gasteiger partial charge in [0, 0.05) is 28.2 Å². The van der Waals surface area contributed by atoms with E-state index in [9.17, 15) is 0 Å². The molecule has 0 aliphatic carbocycles. The van der Waals surface area contributed by atoms with Crippen LogP contribution in [-0.2, 0) is 6.42 Å². The third-order valence-electron chi connectivity index (χ3n) is 3.42. The molecule has 3 nitrogen and oxygen atoms in total. The molecule has 1 aromatic heterocycles. The summed E-state index contributed by atoms with van der Waals surface area (Å²) >= 11 is 6.07. The molecule has 3 N–H and O–H groups in total. The van der Waals surface area contributed by atoms with Crippen LogP contribution in [0.3, 0.4) is 0 Å². The summed E-state index contributed by atoms with van der Waals surface area (Å²) in [6.07, 6.45) is 1.07. The number of H-pyrrole nitrogens is 1. The van der Waals surface area contributed by atoms with E-state index in [-0.39, 0.29) is 0 Å². The largest absolute Gasteiger partial charge is 0.357 e. The first-order valence-corrected chi connectivity index (χ1v) is 6.35. The predicted molar refractivity (Wildman–Crippen MR) is 71.7 cm³/mol. The molecule has 3 rings (SSSR count). The van der Waals surface area contributed by atoms with Gasteiger partial charge in [-0.2, -0.15) is 0 Å². The Morgan fingerprint density at radius 3 is 3.18 bits per heavy atom. The molecule has 90 valence electrons. The van der Waals surface area contributed by atoms with Crippen LogP contribution in [0.2, 0.25) is 5.02 Å². The molecule has 0 fully saturated rings. The molecule has 0 amide bonds. The van der Waals surface area contributed by atoms with Crippen molar-refractivity contribution < 1.29 is 0 Å². The van der Waals surface area contributed by atoms with Gasteiger partial charge in [0.15, 0.2) is 0 Å². The van der Waals surface area contributed by atoms with Crippen molar-refractivity contribution in [3.8, 4) is 0 Å². The Morgan fingerprint density at radius 1 is 1.47 bits per heavy atom. The topological polar surface area (TPSA) is 39.8 Å². The lowest BCUT2D eigenvalue weighted by Gasteiger charge is -2.24. The number of fused-ring (bicyclic) bond motifs is 3. The highest BCUT2D eigenvalue weighted by molar-refractivity contribution is 6.31. The van der Waals surface area contributed by atoms with Crippen LogP contribution < -0.4 is 10.6 Å². The molecule has 0 radical (unpaired) electrons. The molecular formula is C13H16ClN3. The minimum Gasteiger partial charge on any atom is -0.357 e. The molecule has 17 heavy (non-hydrogen) atoms. The van der Waals surface area contributed by atoms with Crippen molar-refractivity contribution in [1.82, 2.24) is 15.6 Å². The van der Waals surface area contributed by atoms with Gasteiger partial charge < -0.3 is 15.6 Å². The van der Waals surface area contributed by atoms with Crippen molar-refractivity contribution in [3.63, 3.8) is 0 Å². The van der Waals surface area contributed by atoms with E-state index in [1.54, 1.807) is 0 Å². The number of nitrogens with one attached hydrogen (secondary N) is 3. The average molecular weight is 250 g/mol. The number of rotatable bonds is 2. The zero-order valence-electron chi connectivity index (χ0n) is 9.81. The maximum absolute atomic E-state index is 6.07. The predicted octanol–water partition coefficient (Wildman–Crippen LogP) is 2.23. The standard InChI is InChI=1S/C13H16ClN3/c1-15-7-12-13-9(4-5-16-12)10-6-8(14)2-3-11(10)17-13/h2-3,6,12,15-17H,4-5,7H2,1H3. The van der Waals surface area contributed by atoms with Gasteiger partial charge in [-0.1, -0.05) is 11.6 Å². The summed E-state index contributed by atoms with van der Waals surface area (Å²) in [4.78, 5) is 3.52. The second kappa shape index (κ2) is 4.33. The fourth-order valence-corrected chi connectivity index (χ4v) is 2.83. The van der Waals surface area contributed by atoms with Gasteiger partial charge >= 0.3 is 0 Å². The van der Waals surface area contributed by atoms with Gasteiger partial charge in [-0.05, 0) is 43.8 Å². The molecule has 1 aromatic carbocycles. The summed E-state index contributed by atoms with van der Waals surface area (Å²) in [7, 11) is 1.98. The summed E-state index contributed by atoms with van der Waals surface area (Å²) in [5.41, 5.74) is 3.91. The summed E-state index contributed by atoms with van der Waals surface area (Å²) < 4.78 is 0. The lowest BCUT2D eigenvalue weighted by atomic mass is 9.99. The third kappa shape index (κ3) is 1.84. The normalized spacial score (nSPS) is 19.5. The molecule has 0 spiro atoms. The van der Waals surface area contributed by atoms with Crippen LogP contribution in [0.25, 0.3) is 10.9 Å².